The van der Waals surface area contributed by atoms with Crippen molar-refractivity contribution in [2.45, 2.75) is 12.8 Å². The Morgan fingerprint density at radius 1 is 0.733 bits per heavy atom. The van der Waals surface area contributed by atoms with Gasteiger partial charge in [-0.15, -0.1) is 24.0 Å². The normalized spacial score (nSPS) is 37.6. The molecule has 2 atom stereocenters. The summed E-state index contributed by atoms with van der Waals surface area (Å²) in [6.07, 6.45) is 2.94. The highest BCUT2D eigenvalue weighted by Gasteiger charge is 2.42. The standard InChI is InChI=1S/C12H26N2.HI/c1-13(2)7-5-11(9-13)12-6-8-14(3,4)10-12;/h11-12H,5-10H2,1-4H3;1H/q+2;. The number of rotatable bonds is 1. The molecule has 2 heterocycles. The summed E-state index contributed by atoms with van der Waals surface area (Å²) in [6, 6.07) is 0. The number of hydrogen-bond donors (Lipinski definition) is 0. The highest BCUT2D eigenvalue weighted by atomic mass is 127. The molecule has 0 saturated carbocycles. The Kier molecular flexibility index (Phi) is 4.11. The van der Waals surface area contributed by atoms with Crippen LogP contribution >= 0.6 is 24.0 Å². The molecule has 0 aliphatic carbocycles. The fourth-order valence-corrected chi connectivity index (χ4v) is 3.43. The molecule has 2 aliphatic rings. The lowest BCUT2D eigenvalue weighted by Crippen LogP contribution is -2.39. The largest absolute Gasteiger partial charge is 0.328 e. The second-order valence-corrected chi connectivity index (χ2v) is 6.78. The predicted molar refractivity (Wildman–Crippen MR) is 75.3 cm³/mol. The molecule has 90 valence electrons. The molecule has 2 rings (SSSR count). The van der Waals surface area contributed by atoms with Crippen LogP contribution in [0.5, 0.6) is 0 Å². The summed E-state index contributed by atoms with van der Waals surface area (Å²) in [5.41, 5.74) is 0. The first-order chi connectivity index (χ1) is 6.38. The molecule has 0 radical (unpaired) electrons. The SMILES string of the molecule is C[N+]1(C)CCC(C2CC[N+](C)(C)C2)C1.I. The van der Waals surface area contributed by atoms with Gasteiger partial charge in [-0.3, -0.25) is 0 Å². The molecule has 0 spiro atoms. The highest BCUT2D eigenvalue weighted by molar-refractivity contribution is 14.0. The van der Waals surface area contributed by atoms with Crippen LogP contribution in [0.3, 0.4) is 0 Å². The first-order valence-electron chi connectivity index (χ1n) is 6.02. The van der Waals surface area contributed by atoms with Crippen LogP contribution in [-0.4, -0.2) is 63.3 Å². The summed E-state index contributed by atoms with van der Waals surface area (Å²) in [7, 11) is 9.54. The van der Waals surface area contributed by atoms with E-state index in [1.165, 1.54) is 48.0 Å². The maximum atomic E-state index is 2.38. The van der Waals surface area contributed by atoms with E-state index in [9.17, 15) is 0 Å². The van der Waals surface area contributed by atoms with Crippen molar-refractivity contribution < 1.29 is 8.97 Å². The van der Waals surface area contributed by atoms with Gasteiger partial charge in [-0.2, -0.15) is 0 Å². The average Bonchev–Trinajstić information content (AvgIpc) is 2.54. The second-order valence-electron chi connectivity index (χ2n) is 6.78. The number of hydrogen-bond acceptors (Lipinski definition) is 0. The summed E-state index contributed by atoms with van der Waals surface area (Å²) in [6.45, 7) is 5.64. The first kappa shape index (κ1) is 13.7. The third-order valence-corrected chi connectivity index (χ3v) is 4.33. The van der Waals surface area contributed by atoms with E-state index in [4.69, 9.17) is 0 Å². The number of halogens is 1. The van der Waals surface area contributed by atoms with Crippen molar-refractivity contribution in [2.24, 2.45) is 11.8 Å². The maximum Gasteiger partial charge on any atom is 0.0818 e. The summed E-state index contributed by atoms with van der Waals surface area (Å²) < 4.78 is 2.52. The van der Waals surface area contributed by atoms with Crippen LogP contribution < -0.4 is 0 Å². The van der Waals surface area contributed by atoms with E-state index in [0.29, 0.717) is 0 Å². The number of nitrogens with zero attached hydrogens (tertiary/aromatic N) is 2. The average molecular weight is 326 g/mol. The zero-order valence-corrected chi connectivity index (χ0v) is 13.0. The molecule has 0 N–H and O–H groups in total. The maximum absolute atomic E-state index is 2.38. The van der Waals surface area contributed by atoms with Gasteiger partial charge in [0, 0.05) is 24.7 Å². The molecule has 2 saturated heterocycles. The van der Waals surface area contributed by atoms with Crippen molar-refractivity contribution in [2.75, 3.05) is 54.4 Å². The van der Waals surface area contributed by atoms with Crippen LogP contribution in [0.1, 0.15) is 12.8 Å². The van der Waals surface area contributed by atoms with E-state index < -0.39 is 0 Å². The molecular formula is C12H27IN2+2. The zero-order chi connectivity index (χ0) is 10.4. The van der Waals surface area contributed by atoms with Gasteiger partial charge in [0.1, 0.15) is 0 Å². The molecule has 15 heavy (non-hydrogen) atoms. The Morgan fingerprint density at radius 2 is 1.07 bits per heavy atom. The van der Waals surface area contributed by atoms with Gasteiger partial charge < -0.3 is 8.97 Å². The van der Waals surface area contributed by atoms with Gasteiger partial charge in [0.05, 0.1) is 54.4 Å². The predicted octanol–water partition coefficient (Wildman–Crippen LogP) is 1.80. The molecule has 0 aromatic heterocycles. The molecule has 2 fully saturated rings. The fraction of sp³-hybridized carbons (Fsp3) is 1.00. The van der Waals surface area contributed by atoms with E-state index in [-0.39, 0.29) is 24.0 Å². The molecule has 2 unspecified atom stereocenters. The summed E-state index contributed by atoms with van der Waals surface area (Å²) in [5.74, 6) is 2.04. The Morgan fingerprint density at radius 3 is 1.27 bits per heavy atom. The van der Waals surface area contributed by atoms with Gasteiger partial charge in [-0.1, -0.05) is 0 Å². The number of likely N-dealkylation sites (tertiary alicyclic amines) is 2. The molecule has 0 bridgehead atoms. The fourth-order valence-electron chi connectivity index (χ4n) is 3.43. The van der Waals surface area contributed by atoms with Crippen LogP contribution in [0.4, 0.5) is 0 Å². The lowest BCUT2D eigenvalue weighted by Gasteiger charge is -2.26. The van der Waals surface area contributed by atoms with E-state index in [0.717, 1.165) is 11.8 Å². The van der Waals surface area contributed by atoms with Crippen LogP contribution in [-0.2, 0) is 0 Å². The van der Waals surface area contributed by atoms with Crippen molar-refractivity contribution in [1.82, 2.24) is 0 Å². The van der Waals surface area contributed by atoms with E-state index in [1.807, 2.05) is 0 Å². The van der Waals surface area contributed by atoms with Crippen molar-refractivity contribution >= 4 is 24.0 Å². The molecule has 3 heteroatoms. The molecule has 2 nitrogen and oxygen atoms in total. The Hall–Kier alpha value is 0.650. The van der Waals surface area contributed by atoms with Gasteiger partial charge in [0.2, 0.25) is 0 Å². The smallest absolute Gasteiger partial charge is 0.0818 e. The molecule has 0 amide bonds. The minimum atomic E-state index is 0. The van der Waals surface area contributed by atoms with Gasteiger partial charge in [0.25, 0.3) is 0 Å². The monoisotopic (exact) mass is 326 g/mol. The van der Waals surface area contributed by atoms with E-state index >= 15 is 0 Å². The Bertz CT molecular complexity index is 202. The van der Waals surface area contributed by atoms with Crippen LogP contribution in [0.2, 0.25) is 0 Å². The number of quaternary nitrogens is 2. The summed E-state index contributed by atoms with van der Waals surface area (Å²) in [5, 5.41) is 0. The third kappa shape index (κ3) is 3.30. The summed E-state index contributed by atoms with van der Waals surface area (Å²) >= 11 is 0. The molecule has 0 aromatic rings. The van der Waals surface area contributed by atoms with Crippen molar-refractivity contribution in [3.8, 4) is 0 Å². The third-order valence-electron chi connectivity index (χ3n) is 4.33. The first-order valence-corrected chi connectivity index (χ1v) is 6.02. The molecular weight excluding hydrogens is 299 g/mol. The van der Waals surface area contributed by atoms with Crippen LogP contribution in [0.25, 0.3) is 0 Å². The minimum absolute atomic E-state index is 0. The van der Waals surface area contributed by atoms with Crippen molar-refractivity contribution in [3.63, 3.8) is 0 Å². The van der Waals surface area contributed by atoms with Crippen LogP contribution in [0.15, 0.2) is 0 Å². The van der Waals surface area contributed by atoms with E-state index in [1.54, 1.807) is 0 Å². The zero-order valence-electron chi connectivity index (χ0n) is 10.7. The second kappa shape index (κ2) is 4.49. The Balaban J connectivity index is 0.00000112. The minimum Gasteiger partial charge on any atom is -0.328 e. The summed E-state index contributed by atoms with van der Waals surface area (Å²) in [4.78, 5) is 0. The van der Waals surface area contributed by atoms with Gasteiger partial charge in [-0.05, 0) is 0 Å². The quantitative estimate of drug-likeness (QED) is 0.509. The lowest BCUT2D eigenvalue weighted by molar-refractivity contribution is -0.883. The highest BCUT2D eigenvalue weighted by Crippen LogP contribution is 2.34. The lowest BCUT2D eigenvalue weighted by atomic mass is 9.91. The van der Waals surface area contributed by atoms with E-state index in [2.05, 4.69) is 28.2 Å². The van der Waals surface area contributed by atoms with Gasteiger partial charge in [0.15, 0.2) is 0 Å². The van der Waals surface area contributed by atoms with Gasteiger partial charge >= 0.3 is 0 Å². The van der Waals surface area contributed by atoms with Crippen LogP contribution in [0, 0.1) is 11.8 Å². The van der Waals surface area contributed by atoms with Crippen molar-refractivity contribution in [1.29, 1.82) is 0 Å². The Labute approximate surface area is 112 Å². The van der Waals surface area contributed by atoms with Gasteiger partial charge in [-0.25, -0.2) is 0 Å². The molecule has 2 aliphatic heterocycles. The van der Waals surface area contributed by atoms with Crippen molar-refractivity contribution in [3.05, 3.63) is 0 Å². The topological polar surface area (TPSA) is 0 Å². The molecule has 0 aromatic carbocycles.